The van der Waals surface area contributed by atoms with Gasteiger partial charge in [0.15, 0.2) is 0 Å². The molecule has 0 aromatic rings. The smallest absolute Gasteiger partial charge is 0.319 e. The van der Waals surface area contributed by atoms with Gasteiger partial charge in [-0.2, -0.15) is 0 Å². The van der Waals surface area contributed by atoms with Gasteiger partial charge in [0.2, 0.25) is 0 Å². The number of hydrogen-bond donors (Lipinski definition) is 1. The third-order valence-electron chi connectivity index (χ3n) is 3.80. The highest BCUT2D eigenvalue weighted by atomic mass is 16.5. The van der Waals surface area contributed by atoms with E-state index in [1.54, 1.807) is 0 Å². The Kier molecular flexibility index (Phi) is 8.82. The maximum atomic E-state index is 11.5. The van der Waals surface area contributed by atoms with Crippen molar-refractivity contribution in [3.8, 4) is 0 Å². The number of carbonyl (C=O) groups is 1. The van der Waals surface area contributed by atoms with Gasteiger partial charge in [0.25, 0.3) is 0 Å². The molecule has 0 aliphatic heterocycles. The molecule has 1 N–H and O–H groups in total. The summed E-state index contributed by atoms with van der Waals surface area (Å²) in [6.07, 6.45) is 6.16. The van der Waals surface area contributed by atoms with Crippen LogP contribution in [0.25, 0.3) is 0 Å². The Bertz CT molecular complexity index is 267. The summed E-state index contributed by atoms with van der Waals surface area (Å²) in [5.41, 5.74) is 0. The Hall–Kier alpha value is -0.650. The molecule has 1 aliphatic carbocycles. The van der Waals surface area contributed by atoms with E-state index in [0.717, 1.165) is 25.7 Å². The van der Waals surface area contributed by atoms with Crippen LogP contribution in [0.1, 0.15) is 45.4 Å². The first-order chi connectivity index (χ1) is 9.67. The number of nitrogens with zero attached hydrogens (tertiary/aromatic N) is 1. The molecule has 0 amide bonds. The van der Waals surface area contributed by atoms with E-state index >= 15 is 0 Å². The summed E-state index contributed by atoms with van der Waals surface area (Å²) in [6.45, 7) is 3.87. The summed E-state index contributed by atoms with van der Waals surface area (Å²) < 4.78 is 10.2. The molecule has 0 spiro atoms. The van der Waals surface area contributed by atoms with Crippen molar-refractivity contribution in [3.63, 3.8) is 0 Å². The van der Waals surface area contributed by atoms with E-state index in [1.807, 2.05) is 4.90 Å². The number of ether oxygens (including phenoxy) is 2. The second-order valence-corrected chi connectivity index (χ2v) is 5.53. The van der Waals surface area contributed by atoms with Crippen molar-refractivity contribution in [1.82, 2.24) is 4.90 Å². The summed E-state index contributed by atoms with van der Waals surface area (Å²) in [5.74, 6) is -0.240. The first-order valence-electron chi connectivity index (χ1n) is 7.74. The molecule has 0 saturated heterocycles. The van der Waals surface area contributed by atoms with Gasteiger partial charge < -0.3 is 14.6 Å². The molecule has 20 heavy (non-hydrogen) atoms. The molecule has 0 aromatic heterocycles. The zero-order valence-corrected chi connectivity index (χ0v) is 12.8. The Morgan fingerprint density at radius 2 is 2.10 bits per heavy atom. The molecule has 1 rings (SSSR count). The van der Waals surface area contributed by atoms with Crippen LogP contribution in [0.3, 0.4) is 0 Å². The minimum Gasteiger partial charge on any atom is -0.468 e. The lowest BCUT2D eigenvalue weighted by atomic mass is 10.2. The molecule has 5 heteroatoms. The number of aliphatic hydroxyl groups is 1. The van der Waals surface area contributed by atoms with Crippen molar-refractivity contribution in [2.24, 2.45) is 0 Å². The van der Waals surface area contributed by atoms with Crippen LogP contribution < -0.4 is 0 Å². The lowest BCUT2D eigenvalue weighted by Crippen LogP contribution is -2.43. The number of aliphatic hydroxyl groups excluding tert-OH is 1. The van der Waals surface area contributed by atoms with Crippen LogP contribution in [0.15, 0.2) is 0 Å². The summed E-state index contributed by atoms with van der Waals surface area (Å²) in [6, 6.07) is 0.388. The minimum atomic E-state index is -0.544. The first-order valence-corrected chi connectivity index (χ1v) is 7.74. The highest BCUT2D eigenvalue weighted by molar-refractivity contribution is 5.71. The predicted octanol–water partition coefficient (Wildman–Crippen LogP) is 1.58. The largest absolute Gasteiger partial charge is 0.468 e. The lowest BCUT2D eigenvalue weighted by molar-refractivity contribution is -0.143. The molecule has 1 saturated carbocycles. The van der Waals surface area contributed by atoms with Gasteiger partial charge in [-0.15, -0.1) is 0 Å². The molecule has 0 heterocycles. The van der Waals surface area contributed by atoms with Gasteiger partial charge in [-0.05, 0) is 19.3 Å². The van der Waals surface area contributed by atoms with Crippen molar-refractivity contribution < 1.29 is 19.4 Å². The van der Waals surface area contributed by atoms with Crippen molar-refractivity contribution in [3.05, 3.63) is 0 Å². The average molecular weight is 287 g/mol. The molecule has 1 atom stereocenters. The van der Waals surface area contributed by atoms with Crippen LogP contribution >= 0.6 is 0 Å². The minimum absolute atomic E-state index is 0.240. The van der Waals surface area contributed by atoms with Crippen LogP contribution in [0, 0.1) is 0 Å². The molecule has 1 aliphatic rings. The second-order valence-electron chi connectivity index (χ2n) is 5.53. The first kappa shape index (κ1) is 17.4. The molecular formula is C15H29NO4. The second kappa shape index (κ2) is 10.1. The van der Waals surface area contributed by atoms with Gasteiger partial charge in [0.05, 0.1) is 26.4 Å². The maximum absolute atomic E-state index is 11.5. The summed E-state index contributed by atoms with van der Waals surface area (Å²) in [7, 11) is 1.40. The molecule has 0 radical (unpaired) electrons. The van der Waals surface area contributed by atoms with Crippen LogP contribution in [0.5, 0.6) is 0 Å². The summed E-state index contributed by atoms with van der Waals surface area (Å²) in [5, 5.41) is 10.0. The third-order valence-corrected chi connectivity index (χ3v) is 3.80. The zero-order chi connectivity index (χ0) is 14.8. The van der Waals surface area contributed by atoms with Crippen LogP contribution in [-0.4, -0.2) is 61.5 Å². The molecule has 1 unspecified atom stereocenters. The van der Waals surface area contributed by atoms with E-state index in [9.17, 15) is 9.90 Å². The van der Waals surface area contributed by atoms with Crippen LogP contribution in [-0.2, 0) is 14.3 Å². The van der Waals surface area contributed by atoms with E-state index in [0.29, 0.717) is 25.8 Å². The topological polar surface area (TPSA) is 59.0 Å². The van der Waals surface area contributed by atoms with Crippen molar-refractivity contribution >= 4 is 5.97 Å². The standard InChI is InChI=1S/C15H29NO4/c1-3-4-9-20-12-14(17)10-16(11-15(18)19-2)13-7-5-6-8-13/h13-14,17H,3-12H2,1-2H3. The fraction of sp³-hybridized carbons (Fsp3) is 0.933. The predicted molar refractivity (Wildman–Crippen MR) is 77.6 cm³/mol. The maximum Gasteiger partial charge on any atom is 0.319 e. The fourth-order valence-electron chi connectivity index (χ4n) is 2.63. The van der Waals surface area contributed by atoms with Crippen molar-refractivity contribution in [1.29, 1.82) is 0 Å². The SMILES string of the molecule is CCCCOCC(O)CN(CC(=O)OC)C1CCCC1. The monoisotopic (exact) mass is 287 g/mol. The van der Waals surface area contributed by atoms with Crippen molar-refractivity contribution in [2.75, 3.05) is 33.4 Å². The third kappa shape index (κ3) is 6.68. The molecular weight excluding hydrogens is 258 g/mol. The number of carbonyl (C=O) groups excluding carboxylic acids is 1. The molecule has 118 valence electrons. The molecule has 0 aromatic carbocycles. The summed E-state index contributed by atoms with van der Waals surface area (Å²) >= 11 is 0. The van der Waals surface area contributed by atoms with E-state index in [-0.39, 0.29) is 12.5 Å². The molecule has 0 bridgehead atoms. The Morgan fingerprint density at radius 3 is 2.70 bits per heavy atom. The highest BCUT2D eigenvalue weighted by Gasteiger charge is 2.26. The normalized spacial score (nSPS) is 17.6. The van der Waals surface area contributed by atoms with E-state index in [4.69, 9.17) is 9.47 Å². The number of rotatable bonds is 10. The molecule has 1 fully saturated rings. The average Bonchev–Trinajstić information content (AvgIpc) is 2.97. The van der Waals surface area contributed by atoms with E-state index in [1.165, 1.54) is 20.0 Å². The Balaban J connectivity index is 2.36. The number of esters is 1. The van der Waals surface area contributed by atoms with Crippen molar-refractivity contribution in [2.45, 2.75) is 57.6 Å². The van der Waals surface area contributed by atoms with Gasteiger partial charge in [0.1, 0.15) is 0 Å². The number of methoxy groups -OCH3 is 1. The fourth-order valence-corrected chi connectivity index (χ4v) is 2.63. The van der Waals surface area contributed by atoms with Gasteiger partial charge >= 0.3 is 5.97 Å². The lowest BCUT2D eigenvalue weighted by Gasteiger charge is -2.29. The van der Waals surface area contributed by atoms with E-state index < -0.39 is 6.10 Å². The number of hydrogen-bond acceptors (Lipinski definition) is 5. The van der Waals surface area contributed by atoms with Crippen LogP contribution in [0.2, 0.25) is 0 Å². The van der Waals surface area contributed by atoms with Gasteiger partial charge in [0, 0.05) is 19.2 Å². The van der Waals surface area contributed by atoms with Gasteiger partial charge in [-0.1, -0.05) is 26.2 Å². The van der Waals surface area contributed by atoms with E-state index in [2.05, 4.69) is 6.92 Å². The zero-order valence-electron chi connectivity index (χ0n) is 12.8. The van der Waals surface area contributed by atoms with Crippen LogP contribution in [0.4, 0.5) is 0 Å². The number of unbranched alkanes of at least 4 members (excludes halogenated alkanes) is 1. The molecule has 5 nitrogen and oxygen atoms in total. The Morgan fingerprint density at radius 1 is 1.40 bits per heavy atom. The summed E-state index contributed by atoms with van der Waals surface area (Å²) in [4.78, 5) is 13.5. The van der Waals surface area contributed by atoms with Gasteiger partial charge in [-0.25, -0.2) is 0 Å². The Labute approximate surface area is 122 Å². The quantitative estimate of drug-likeness (QED) is 0.488. The van der Waals surface area contributed by atoms with Gasteiger partial charge in [-0.3, -0.25) is 9.69 Å². The highest BCUT2D eigenvalue weighted by Crippen LogP contribution is 2.23.